The Morgan fingerprint density at radius 2 is 1.76 bits per heavy atom. The number of hydrogen-bond acceptors (Lipinski definition) is 6. The molecule has 1 heterocycles. The zero-order valence-corrected chi connectivity index (χ0v) is 20.0. The smallest absolute Gasteiger partial charge is 0.247 e. The van der Waals surface area contributed by atoms with Crippen LogP contribution in [-0.2, 0) is 14.4 Å². The molecule has 1 aromatic carbocycles. The number of likely N-dealkylation sites (tertiary alicyclic amines) is 1. The number of carbonyl (C=O) groups is 3. The normalized spacial score (nSPS) is 24.6. The summed E-state index contributed by atoms with van der Waals surface area (Å²) < 4.78 is 5.23. The van der Waals surface area contributed by atoms with Crippen molar-refractivity contribution in [3.05, 3.63) is 29.8 Å². The van der Waals surface area contributed by atoms with Crippen molar-refractivity contribution < 1.29 is 29.4 Å². The molecule has 1 saturated carbocycles. The molecule has 0 radical (unpaired) electrons. The van der Waals surface area contributed by atoms with E-state index in [2.05, 4.69) is 5.32 Å². The summed E-state index contributed by atoms with van der Waals surface area (Å²) in [7, 11) is 1.55. The van der Waals surface area contributed by atoms with Crippen LogP contribution in [-0.4, -0.2) is 64.8 Å². The summed E-state index contributed by atoms with van der Waals surface area (Å²) in [4.78, 5) is 41.3. The first-order valence-corrected chi connectivity index (χ1v) is 12.3. The summed E-state index contributed by atoms with van der Waals surface area (Å²) >= 11 is 0. The second kappa shape index (κ2) is 12.2. The molecule has 2 aliphatic rings. The van der Waals surface area contributed by atoms with E-state index in [0.29, 0.717) is 43.5 Å². The summed E-state index contributed by atoms with van der Waals surface area (Å²) in [5.41, 5.74) is 2.34. The molecule has 0 spiro atoms. The van der Waals surface area contributed by atoms with Crippen LogP contribution >= 0.6 is 0 Å². The number of methoxy groups -OCH3 is 1. The molecular weight excluding hydrogens is 438 g/mol. The van der Waals surface area contributed by atoms with Crippen LogP contribution in [0.2, 0.25) is 0 Å². The molecule has 0 aromatic heterocycles. The Bertz CT molecular complexity index is 838. The van der Waals surface area contributed by atoms with Gasteiger partial charge in [0.25, 0.3) is 0 Å². The van der Waals surface area contributed by atoms with E-state index in [0.717, 1.165) is 25.7 Å². The summed E-state index contributed by atoms with van der Waals surface area (Å²) in [6, 6.07) is 6.36. The number of nitrogens with zero attached hydrogens (tertiary/aromatic N) is 1. The van der Waals surface area contributed by atoms with Gasteiger partial charge in [0, 0.05) is 12.6 Å². The maximum atomic E-state index is 13.9. The monoisotopic (exact) mass is 475 g/mol. The third kappa shape index (κ3) is 6.07. The number of rotatable bonds is 8. The van der Waals surface area contributed by atoms with Gasteiger partial charge in [-0.2, -0.15) is 0 Å². The number of hydroxylamine groups is 1. The van der Waals surface area contributed by atoms with Crippen molar-refractivity contribution in [2.75, 3.05) is 13.7 Å². The number of benzene rings is 1. The molecular formula is C25H37N3O6. The van der Waals surface area contributed by atoms with Crippen molar-refractivity contribution in [1.29, 1.82) is 0 Å². The lowest BCUT2D eigenvalue weighted by molar-refractivity contribution is -0.147. The number of carbonyl (C=O) groups excluding carboxylic acids is 3. The van der Waals surface area contributed by atoms with Crippen LogP contribution in [0.3, 0.4) is 0 Å². The van der Waals surface area contributed by atoms with Crippen LogP contribution in [0.15, 0.2) is 24.3 Å². The van der Waals surface area contributed by atoms with Gasteiger partial charge in [-0.25, -0.2) is 5.48 Å². The summed E-state index contributed by atoms with van der Waals surface area (Å²) in [6.07, 6.45) is 4.96. The van der Waals surface area contributed by atoms with Gasteiger partial charge in [-0.05, 0) is 69.1 Å². The molecule has 0 bridgehead atoms. The van der Waals surface area contributed by atoms with E-state index in [1.165, 1.54) is 0 Å². The fourth-order valence-corrected chi connectivity index (χ4v) is 5.18. The zero-order valence-electron chi connectivity index (χ0n) is 20.0. The fraction of sp³-hybridized carbons (Fsp3) is 0.640. The molecule has 1 aliphatic carbocycles. The highest BCUT2D eigenvalue weighted by molar-refractivity contribution is 5.94. The van der Waals surface area contributed by atoms with Crippen LogP contribution in [0.1, 0.15) is 69.8 Å². The summed E-state index contributed by atoms with van der Waals surface area (Å²) in [5.74, 6) is -2.11. The Morgan fingerprint density at radius 1 is 1.09 bits per heavy atom. The number of piperidine rings is 1. The largest absolute Gasteiger partial charge is 0.497 e. The predicted molar refractivity (Wildman–Crippen MR) is 125 cm³/mol. The molecule has 3 amide bonds. The van der Waals surface area contributed by atoms with Crippen LogP contribution in [0, 0.1) is 5.92 Å². The van der Waals surface area contributed by atoms with Gasteiger partial charge < -0.3 is 20.1 Å². The number of aliphatic hydroxyl groups is 1. The van der Waals surface area contributed by atoms with Gasteiger partial charge in [-0.1, -0.05) is 19.1 Å². The van der Waals surface area contributed by atoms with Crippen molar-refractivity contribution in [2.24, 2.45) is 5.92 Å². The molecule has 1 aliphatic heterocycles. The molecule has 34 heavy (non-hydrogen) atoms. The highest BCUT2D eigenvalue weighted by atomic mass is 16.5. The first-order chi connectivity index (χ1) is 16.4. The van der Waals surface area contributed by atoms with Gasteiger partial charge in [0.1, 0.15) is 11.8 Å². The Balaban J connectivity index is 1.85. The number of amides is 3. The first-order valence-electron chi connectivity index (χ1n) is 12.3. The van der Waals surface area contributed by atoms with Crippen molar-refractivity contribution in [2.45, 2.75) is 82.4 Å². The number of nitrogens with one attached hydrogen (secondary N) is 2. The van der Waals surface area contributed by atoms with Crippen LogP contribution in [0.25, 0.3) is 0 Å². The van der Waals surface area contributed by atoms with Gasteiger partial charge in [0.05, 0.1) is 25.0 Å². The van der Waals surface area contributed by atoms with Crippen molar-refractivity contribution >= 4 is 17.7 Å². The van der Waals surface area contributed by atoms with Crippen molar-refractivity contribution in [3.63, 3.8) is 0 Å². The molecule has 2 fully saturated rings. The van der Waals surface area contributed by atoms with E-state index in [9.17, 15) is 24.7 Å². The lowest BCUT2D eigenvalue weighted by atomic mass is 9.81. The highest BCUT2D eigenvalue weighted by Gasteiger charge is 2.41. The number of hydrogen-bond donors (Lipinski definition) is 4. The van der Waals surface area contributed by atoms with E-state index < -0.39 is 23.8 Å². The van der Waals surface area contributed by atoms with E-state index in [-0.39, 0.29) is 24.0 Å². The Morgan fingerprint density at radius 3 is 2.35 bits per heavy atom. The molecule has 9 nitrogen and oxygen atoms in total. The van der Waals surface area contributed by atoms with Crippen LogP contribution in [0.5, 0.6) is 5.75 Å². The van der Waals surface area contributed by atoms with Gasteiger partial charge in [-0.3, -0.25) is 19.6 Å². The summed E-state index contributed by atoms with van der Waals surface area (Å²) in [5, 5.41) is 22.1. The van der Waals surface area contributed by atoms with Gasteiger partial charge >= 0.3 is 0 Å². The summed E-state index contributed by atoms with van der Waals surface area (Å²) in [6.45, 7) is 2.23. The van der Waals surface area contributed by atoms with Gasteiger partial charge in [0.2, 0.25) is 17.7 Å². The number of aliphatic hydroxyl groups excluding tert-OH is 1. The molecule has 188 valence electrons. The highest BCUT2D eigenvalue weighted by Crippen LogP contribution is 2.33. The first kappa shape index (κ1) is 26.0. The van der Waals surface area contributed by atoms with E-state index in [4.69, 9.17) is 4.74 Å². The average molecular weight is 476 g/mol. The molecule has 9 heteroatoms. The topological polar surface area (TPSA) is 128 Å². The van der Waals surface area contributed by atoms with Crippen LogP contribution < -0.4 is 15.5 Å². The second-order valence-electron chi connectivity index (χ2n) is 9.30. The van der Waals surface area contributed by atoms with Gasteiger partial charge in [-0.15, -0.1) is 0 Å². The van der Waals surface area contributed by atoms with Gasteiger partial charge in [0.15, 0.2) is 0 Å². The lowest BCUT2D eigenvalue weighted by Crippen LogP contribution is -2.56. The maximum Gasteiger partial charge on any atom is 0.247 e. The lowest BCUT2D eigenvalue weighted by Gasteiger charge is -2.39. The van der Waals surface area contributed by atoms with E-state index in [1.807, 2.05) is 0 Å². The minimum Gasteiger partial charge on any atom is -0.497 e. The third-order valence-electron chi connectivity index (χ3n) is 7.16. The molecule has 1 aromatic rings. The fourth-order valence-electron chi connectivity index (χ4n) is 5.18. The zero-order chi connectivity index (χ0) is 24.7. The van der Waals surface area contributed by atoms with E-state index >= 15 is 0 Å². The Kier molecular flexibility index (Phi) is 9.29. The van der Waals surface area contributed by atoms with Crippen molar-refractivity contribution in [3.8, 4) is 5.75 Å². The molecule has 0 unspecified atom stereocenters. The van der Waals surface area contributed by atoms with E-state index in [1.54, 1.807) is 48.7 Å². The molecule has 3 atom stereocenters. The third-order valence-corrected chi connectivity index (χ3v) is 7.16. The SMILES string of the molecule is CC[C@H](C(=O)NO)[C@H](C(=O)N1CCCC[C@H]1C(=O)N[C@H]1CC[C@H](O)CC1)c1ccc(OC)cc1. The number of ether oxygens (including phenoxy) is 1. The second-order valence-corrected chi connectivity index (χ2v) is 9.30. The van der Waals surface area contributed by atoms with Crippen LogP contribution in [0.4, 0.5) is 0 Å². The molecule has 4 N–H and O–H groups in total. The Labute approximate surface area is 200 Å². The average Bonchev–Trinajstić information content (AvgIpc) is 2.87. The Hall–Kier alpha value is -2.65. The predicted octanol–water partition coefficient (Wildman–Crippen LogP) is 2.11. The standard InChI is InChI=1S/C25H37N3O6/c1-3-20(23(30)27-33)22(16-7-13-19(34-2)14-8-16)25(32)28-15-5-4-6-21(28)24(31)26-17-9-11-18(29)12-10-17/h7-8,13-14,17-18,20-22,29,33H,3-6,9-12,15H2,1-2H3,(H,26,31)(H,27,30)/t17-,18-,20-,21-,22+/m0/s1. The minimum atomic E-state index is -0.846. The maximum absolute atomic E-state index is 13.9. The minimum absolute atomic E-state index is 0.00396. The molecule has 3 rings (SSSR count). The molecule has 1 saturated heterocycles. The van der Waals surface area contributed by atoms with Crippen molar-refractivity contribution in [1.82, 2.24) is 15.7 Å². The quantitative estimate of drug-likeness (QED) is 0.337.